The van der Waals surface area contributed by atoms with Crippen molar-refractivity contribution in [2.24, 2.45) is 5.92 Å². The van der Waals surface area contributed by atoms with Crippen molar-refractivity contribution in [3.8, 4) is 0 Å². The zero-order valence-electron chi connectivity index (χ0n) is 10.0. The molecule has 1 aromatic heterocycles. The van der Waals surface area contributed by atoms with Crippen LogP contribution in [0, 0.1) is 5.92 Å². The number of nitrogens with zero attached hydrogens (tertiary/aromatic N) is 3. The van der Waals surface area contributed by atoms with Crippen LogP contribution in [0.5, 0.6) is 0 Å². The van der Waals surface area contributed by atoms with E-state index in [4.69, 9.17) is 0 Å². The Morgan fingerprint density at radius 2 is 2.35 bits per heavy atom. The second-order valence-electron chi connectivity index (χ2n) is 5.06. The predicted molar refractivity (Wildman–Crippen MR) is 68.2 cm³/mol. The van der Waals surface area contributed by atoms with E-state index in [1.54, 1.807) is 0 Å². The van der Waals surface area contributed by atoms with Gasteiger partial charge in [-0.05, 0) is 36.7 Å². The largest absolute Gasteiger partial charge is 0.396 e. The van der Waals surface area contributed by atoms with Gasteiger partial charge in [0.1, 0.15) is 5.82 Å². The molecule has 2 aliphatic rings. The summed E-state index contributed by atoms with van der Waals surface area (Å²) < 4.78 is 2.02. The smallest absolute Gasteiger partial charge is 0.151 e. The van der Waals surface area contributed by atoms with Crippen molar-refractivity contribution in [3.05, 3.63) is 11.6 Å². The maximum absolute atomic E-state index is 9.35. The monoisotopic (exact) mass is 253 g/mol. The molecule has 2 atom stereocenters. The number of aryl methyl sites for hydroxylation is 1. The number of aliphatic hydroxyl groups excluding tert-OH is 1. The van der Waals surface area contributed by atoms with Crippen molar-refractivity contribution in [1.29, 1.82) is 0 Å². The molecule has 17 heavy (non-hydrogen) atoms. The Bertz CT molecular complexity index is 387. The lowest BCUT2D eigenvalue weighted by molar-refractivity contribution is 0.234. The van der Waals surface area contributed by atoms with E-state index >= 15 is 0 Å². The summed E-state index contributed by atoms with van der Waals surface area (Å²) in [5.41, 5.74) is 0. The summed E-state index contributed by atoms with van der Waals surface area (Å²) in [5.74, 6) is 5.53. The summed E-state index contributed by atoms with van der Waals surface area (Å²) in [6, 6.07) is 0. The second-order valence-corrected chi connectivity index (χ2v) is 6.21. The van der Waals surface area contributed by atoms with Crippen LogP contribution in [-0.4, -0.2) is 38.0 Å². The van der Waals surface area contributed by atoms with E-state index in [-0.39, 0.29) is 12.5 Å². The highest BCUT2D eigenvalue weighted by atomic mass is 32.2. The van der Waals surface area contributed by atoms with Crippen LogP contribution in [-0.2, 0) is 13.0 Å². The highest BCUT2D eigenvalue weighted by molar-refractivity contribution is 7.99. The van der Waals surface area contributed by atoms with Crippen LogP contribution in [0.4, 0.5) is 0 Å². The molecule has 0 aromatic carbocycles. The van der Waals surface area contributed by atoms with Crippen molar-refractivity contribution in [3.63, 3.8) is 0 Å². The fourth-order valence-corrected chi connectivity index (χ4v) is 4.03. The first kappa shape index (κ1) is 11.5. The molecule has 0 aliphatic carbocycles. The number of thioether (sulfide) groups is 1. The molecule has 0 radical (unpaired) electrons. The summed E-state index contributed by atoms with van der Waals surface area (Å²) in [5, 5.41) is 13.9. The molecule has 0 saturated carbocycles. The first-order valence-electron chi connectivity index (χ1n) is 6.49. The third-order valence-electron chi connectivity index (χ3n) is 3.75. The average molecular weight is 253 g/mol. The van der Waals surface area contributed by atoms with Gasteiger partial charge in [-0.1, -0.05) is 0 Å². The first-order chi connectivity index (χ1) is 8.36. The maximum Gasteiger partial charge on any atom is 0.151 e. The Morgan fingerprint density at radius 1 is 1.41 bits per heavy atom. The number of fused-ring (bicyclic) bond motifs is 1. The highest BCUT2D eigenvalue weighted by Gasteiger charge is 2.25. The van der Waals surface area contributed by atoms with Gasteiger partial charge in [-0.3, -0.25) is 0 Å². The number of hydrogen-bond acceptors (Lipinski definition) is 4. The van der Waals surface area contributed by atoms with Crippen LogP contribution in [0.3, 0.4) is 0 Å². The van der Waals surface area contributed by atoms with E-state index in [9.17, 15) is 5.11 Å². The van der Waals surface area contributed by atoms with Gasteiger partial charge in [0, 0.05) is 18.9 Å². The van der Waals surface area contributed by atoms with Crippen molar-refractivity contribution >= 4 is 11.8 Å². The van der Waals surface area contributed by atoms with E-state index in [1.165, 1.54) is 17.9 Å². The van der Waals surface area contributed by atoms with Crippen molar-refractivity contribution in [2.75, 3.05) is 18.1 Å². The molecule has 1 N–H and O–H groups in total. The van der Waals surface area contributed by atoms with Crippen molar-refractivity contribution in [1.82, 2.24) is 14.8 Å². The fourth-order valence-electron chi connectivity index (χ4n) is 2.75. The van der Waals surface area contributed by atoms with E-state index in [0.29, 0.717) is 0 Å². The van der Waals surface area contributed by atoms with Crippen molar-refractivity contribution in [2.45, 2.75) is 38.1 Å². The first-order valence-corrected chi connectivity index (χ1v) is 7.64. The molecule has 3 heterocycles. The van der Waals surface area contributed by atoms with Crippen LogP contribution >= 0.6 is 11.8 Å². The lowest BCUT2D eigenvalue weighted by Crippen LogP contribution is -2.19. The third-order valence-corrected chi connectivity index (χ3v) is 4.98. The molecule has 0 spiro atoms. The van der Waals surface area contributed by atoms with Gasteiger partial charge in [0.2, 0.25) is 0 Å². The quantitative estimate of drug-likeness (QED) is 0.885. The lowest BCUT2D eigenvalue weighted by atomic mass is 10.0. The van der Waals surface area contributed by atoms with Crippen molar-refractivity contribution < 1.29 is 5.11 Å². The van der Waals surface area contributed by atoms with Gasteiger partial charge in [0.25, 0.3) is 0 Å². The Kier molecular flexibility index (Phi) is 3.38. The summed E-state index contributed by atoms with van der Waals surface area (Å²) in [4.78, 5) is 4.65. The standard InChI is InChI=1S/C12H19N3OS/c16-7-10-2-1-4-15-12(10)13-11(14-15)6-9-3-5-17-8-9/h9-10,16H,1-8H2. The maximum atomic E-state index is 9.35. The summed E-state index contributed by atoms with van der Waals surface area (Å²) in [7, 11) is 0. The topological polar surface area (TPSA) is 50.9 Å². The van der Waals surface area contributed by atoms with E-state index in [1.807, 2.05) is 16.4 Å². The molecule has 0 bridgehead atoms. The molecule has 94 valence electrons. The number of aliphatic hydroxyl groups is 1. The zero-order valence-corrected chi connectivity index (χ0v) is 10.8. The van der Waals surface area contributed by atoms with Crippen LogP contribution in [0.15, 0.2) is 0 Å². The normalized spacial score (nSPS) is 28.3. The van der Waals surface area contributed by atoms with Crippen LogP contribution in [0.25, 0.3) is 0 Å². The molecule has 1 saturated heterocycles. The summed E-state index contributed by atoms with van der Waals surface area (Å²) >= 11 is 2.04. The molecule has 1 aromatic rings. The zero-order chi connectivity index (χ0) is 11.7. The van der Waals surface area contributed by atoms with Crippen LogP contribution < -0.4 is 0 Å². The van der Waals surface area contributed by atoms with Gasteiger partial charge in [0.15, 0.2) is 5.82 Å². The van der Waals surface area contributed by atoms with Gasteiger partial charge < -0.3 is 5.11 Å². The molecular weight excluding hydrogens is 234 g/mol. The van der Waals surface area contributed by atoms with Gasteiger partial charge in [-0.15, -0.1) is 0 Å². The van der Waals surface area contributed by atoms with Crippen LogP contribution in [0.1, 0.15) is 36.8 Å². The molecular formula is C12H19N3OS. The highest BCUT2D eigenvalue weighted by Crippen LogP contribution is 2.28. The lowest BCUT2D eigenvalue weighted by Gasteiger charge is -2.19. The number of rotatable bonds is 3. The minimum atomic E-state index is 0.206. The minimum Gasteiger partial charge on any atom is -0.396 e. The number of hydrogen-bond donors (Lipinski definition) is 1. The molecule has 0 amide bonds. The van der Waals surface area contributed by atoms with Gasteiger partial charge >= 0.3 is 0 Å². The Hall–Kier alpha value is -0.550. The van der Waals surface area contributed by atoms with E-state index in [2.05, 4.69) is 10.1 Å². The molecule has 2 aliphatic heterocycles. The average Bonchev–Trinajstić information content (AvgIpc) is 2.97. The summed E-state index contributed by atoms with van der Waals surface area (Å²) in [6.45, 7) is 1.18. The Labute approximate surface area is 106 Å². The minimum absolute atomic E-state index is 0.206. The fraction of sp³-hybridized carbons (Fsp3) is 0.833. The van der Waals surface area contributed by atoms with Gasteiger partial charge in [-0.25, -0.2) is 9.67 Å². The summed E-state index contributed by atoms with van der Waals surface area (Å²) in [6.07, 6.45) is 4.48. The van der Waals surface area contributed by atoms with Crippen LogP contribution in [0.2, 0.25) is 0 Å². The Morgan fingerprint density at radius 3 is 3.12 bits per heavy atom. The molecule has 2 unspecified atom stereocenters. The molecule has 4 nitrogen and oxygen atoms in total. The second kappa shape index (κ2) is 4.98. The Balaban J connectivity index is 1.75. The molecule has 3 rings (SSSR count). The SMILES string of the molecule is OCC1CCCn2nc(CC3CCSC3)nc21. The van der Waals surface area contributed by atoms with Gasteiger partial charge in [0.05, 0.1) is 6.61 Å². The van der Waals surface area contributed by atoms with E-state index in [0.717, 1.165) is 43.4 Å². The number of aromatic nitrogens is 3. The predicted octanol–water partition coefficient (Wildman–Crippen LogP) is 1.44. The third kappa shape index (κ3) is 2.36. The molecule has 5 heteroatoms. The molecule has 1 fully saturated rings. The van der Waals surface area contributed by atoms with E-state index < -0.39 is 0 Å². The van der Waals surface area contributed by atoms with Gasteiger partial charge in [-0.2, -0.15) is 16.9 Å².